The van der Waals surface area contributed by atoms with Crippen molar-refractivity contribution in [1.82, 2.24) is 20.2 Å². The molecule has 1 unspecified atom stereocenters. The molecule has 0 spiro atoms. The molecule has 1 atom stereocenters. The zero-order chi connectivity index (χ0) is 19.0. The highest BCUT2D eigenvalue weighted by Crippen LogP contribution is 2.39. The van der Waals surface area contributed by atoms with Crippen molar-refractivity contribution >= 4 is 11.6 Å². The molecule has 1 aromatic heterocycles. The Morgan fingerprint density at radius 3 is 2.56 bits per heavy atom. The van der Waals surface area contributed by atoms with E-state index in [9.17, 15) is 0 Å². The minimum absolute atomic E-state index is 0.281. The van der Waals surface area contributed by atoms with Crippen molar-refractivity contribution in [3.63, 3.8) is 0 Å². The van der Waals surface area contributed by atoms with Gasteiger partial charge in [-0.1, -0.05) is 30.3 Å². The lowest BCUT2D eigenvalue weighted by Crippen LogP contribution is -2.29. The van der Waals surface area contributed by atoms with Crippen molar-refractivity contribution in [3.8, 4) is 5.75 Å². The molecule has 0 amide bonds. The SMILES string of the molecule is COc1ccccc1C1=Nc2ccccc2C(c2nnnn2C(C)(C)C)O1. The molecule has 2 heterocycles. The topological polar surface area (TPSA) is 74.4 Å². The van der Waals surface area contributed by atoms with Gasteiger partial charge in [0.15, 0.2) is 11.9 Å². The van der Waals surface area contributed by atoms with E-state index < -0.39 is 6.10 Å². The molecule has 1 aliphatic heterocycles. The lowest BCUT2D eigenvalue weighted by atomic mass is 10.0. The van der Waals surface area contributed by atoms with E-state index in [0.29, 0.717) is 17.5 Å². The maximum Gasteiger partial charge on any atom is 0.226 e. The molecule has 1 aliphatic rings. The van der Waals surface area contributed by atoms with Crippen LogP contribution in [0, 0.1) is 0 Å². The summed E-state index contributed by atoms with van der Waals surface area (Å²) in [5, 5.41) is 12.3. The molecule has 0 aliphatic carbocycles. The molecule has 0 bridgehead atoms. The minimum Gasteiger partial charge on any atom is -0.496 e. The molecular weight excluding hydrogens is 342 g/mol. The Balaban J connectivity index is 1.86. The van der Waals surface area contributed by atoms with Crippen LogP contribution in [0.25, 0.3) is 0 Å². The predicted octanol–water partition coefficient (Wildman–Crippen LogP) is 3.63. The van der Waals surface area contributed by atoms with Crippen molar-refractivity contribution in [3.05, 3.63) is 65.5 Å². The standard InChI is InChI=1S/C20H21N5O2/c1-20(2,3)25-18(22-23-24-25)17-13-9-5-7-11-15(13)21-19(27-17)14-10-6-8-12-16(14)26-4/h5-12,17H,1-4H3. The van der Waals surface area contributed by atoms with Crippen LogP contribution in [-0.4, -0.2) is 33.2 Å². The van der Waals surface area contributed by atoms with Gasteiger partial charge in [0.1, 0.15) is 5.75 Å². The number of rotatable bonds is 3. The number of hydrogen-bond acceptors (Lipinski definition) is 6. The van der Waals surface area contributed by atoms with Crippen molar-refractivity contribution in [2.24, 2.45) is 4.99 Å². The Kier molecular flexibility index (Phi) is 4.14. The maximum atomic E-state index is 6.33. The number of ether oxygens (including phenoxy) is 2. The number of methoxy groups -OCH3 is 1. The van der Waals surface area contributed by atoms with Gasteiger partial charge >= 0.3 is 0 Å². The number of nitrogens with zero attached hydrogens (tertiary/aromatic N) is 5. The average Bonchev–Trinajstić information content (AvgIpc) is 3.17. The van der Waals surface area contributed by atoms with Crippen LogP contribution in [0.4, 0.5) is 5.69 Å². The average molecular weight is 363 g/mol. The van der Waals surface area contributed by atoms with Crippen LogP contribution in [0.1, 0.15) is 43.8 Å². The van der Waals surface area contributed by atoms with Crippen molar-refractivity contribution in [2.75, 3.05) is 7.11 Å². The molecule has 0 saturated carbocycles. The Bertz CT molecular complexity index is 1000. The smallest absolute Gasteiger partial charge is 0.226 e. The summed E-state index contributed by atoms with van der Waals surface area (Å²) in [4.78, 5) is 4.71. The molecule has 0 saturated heterocycles. The first-order valence-electron chi connectivity index (χ1n) is 8.75. The van der Waals surface area contributed by atoms with Gasteiger partial charge in [0.25, 0.3) is 0 Å². The largest absolute Gasteiger partial charge is 0.496 e. The summed E-state index contributed by atoms with van der Waals surface area (Å²) in [5.41, 5.74) is 2.26. The Morgan fingerprint density at radius 2 is 1.78 bits per heavy atom. The van der Waals surface area contributed by atoms with Crippen molar-refractivity contribution in [1.29, 1.82) is 0 Å². The first kappa shape index (κ1) is 17.2. The molecule has 7 heteroatoms. The van der Waals surface area contributed by atoms with E-state index >= 15 is 0 Å². The number of aromatic nitrogens is 4. The third-order valence-corrected chi connectivity index (χ3v) is 4.37. The number of tetrazole rings is 1. The van der Waals surface area contributed by atoms with E-state index in [0.717, 1.165) is 16.8 Å². The van der Waals surface area contributed by atoms with Gasteiger partial charge < -0.3 is 9.47 Å². The Morgan fingerprint density at radius 1 is 1.04 bits per heavy atom. The highest BCUT2D eigenvalue weighted by atomic mass is 16.5. The first-order valence-corrected chi connectivity index (χ1v) is 8.75. The van der Waals surface area contributed by atoms with Gasteiger partial charge in [-0.15, -0.1) is 5.10 Å². The van der Waals surface area contributed by atoms with Crippen LogP contribution in [-0.2, 0) is 10.3 Å². The Hall–Kier alpha value is -3.22. The van der Waals surface area contributed by atoms with E-state index in [2.05, 4.69) is 36.3 Å². The fourth-order valence-electron chi connectivity index (χ4n) is 3.09. The molecule has 2 aromatic carbocycles. The van der Waals surface area contributed by atoms with Crippen LogP contribution in [0.3, 0.4) is 0 Å². The number of benzene rings is 2. The fourth-order valence-corrected chi connectivity index (χ4v) is 3.09. The van der Waals surface area contributed by atoms with Crippen molar-refractivity contribution in [2.45, 2.75) is 32.4 Å². The Labute approximate surface area is 157 Å². The molecule has 4 rings (SSSR count). The number of aliphatic imine (C=N–C) groups is 1. The van der Waals surface area contributed by atoms with Gasteiger partial charge in [-0.2, -0.15) is 0 Å². The number of hydrogen-bond donors (Lipinski definition) is 0. The van der Waals surface area contributed by atoms with E-state index in [1.165, 1.54) is 0 Å². The fraction of sp³-hybridized carbons (Fsp3) is 0.300. The summed E-state index contributed by atoms with van der Waals surface area (Å²) in [6.45, 7) is 6.16. The van der Waals surface area contributed by atoms with Crippen LogP contribution in [0.2, 0.25) is 0 Å². The highest BCUT2D eigenvalue weighted by molar-refractivity contribution is 5.99. The van der Waals surface area contributed by atoms with Crippen LogP contribution in [0.5, 0.6) is 5.75 Å². The van der Waals surface area contributed by atoms with Gasteiger partial charge in [0, 0.05) is 5.56 Å². The van der Waals surface area contributed by atoms with E-state index in [1.807, 2.05) is 48.5 Å². The second-order valence-corrected chi connectivity index (χ2v) is 7.29. The molecule has 0 fully saturated rings. The van der Waals surface area contributed by atoms with Crippen LogP contribution >= 0.6 is 0 Å². The molecular formula is C20H21N5O2. The second-order valence-electron chi connectivity index (χ2n) is 7.29. The molecule has 3 aromatic rings. The number of para-hydroxylation sites is 2. The third kappa shape index (κ3) is 3.05. The quantitative estimate of drug-likeness (QED) is 0.710. The van der Waals surface area contributed by atoms with Crippen molar-refractivity contribution < 1.29 is 9.47 Å². The highest BCUT2D eigenvalue weighted by Gasteiger charge is 2.34. The zero-order valence-electron chi connectivity index (χ0n) is 15.7. The van der Waals surface area contributed by atoms with E-state index in [4.69, 9.17) is 14.5 Å². The second kappa shape index (κ2) is 6.50. The van der Waals surface area contributed by atoms with Gasteiger partial charge in [0.2, 0.25) is 5.90 Å². The summed E-state index contributed by atoms with van der Waals surface area (Å²) < 4.78 is 13.6. The predicted molar refractivity (Wildman–Crippen MR) is 101 cm³/mol. The summed E-state index contributed by atoms with van der Waals surface area (Å²) in [6.07, 6.45) is -0.465. The number of fused-ring (bicyclic) bond motifs is 1. The lowest BCUT2D eigenvalue weighted by Gasteiger charge is -2.28. The molecule has 0 radical (unpaired) electrons. The summed E-state index contributed by atoms with van der Waals surface area (Å²) in [5.74, 6) is 1.82. The van der Waals surface area contributed by atoms with Crippen LogP contribution < -0.4 is 4.74 Å². The lowest BCUT2D eigenvalue weighted by molar-refractivity contribution is 0.197. The van der Waals surface area contributed by atoms with Gasteiger partial charge in [-0.3, -0.25) is 0 Å². The molecule has 0 N–H and O–H groups in total. The maximum absolute atomic E-state index is 6.33. The monoisotopic (exact) mass is 363 g/mol. The minimum atomic E-state index is -0.465. The third-order valence-electron chi connectivity index (χ3n) is 4.37. The summed E-state index contributed by atoms with van der Waals surface area (Å²) in [6, 6.07) is 15.5. The van der Waals surface area contributed by atoms with Crippen LogP contribution in [0.15, 0.2) is 53.5 Å². The molecule has 27 heavy (non-hydrogen) atoms. The van der Waals surface area contributed by atoms with Gasteiger partial charge in [-0.25, -0.2) is 9.67 Å². The zero-order valence-corrected chi connectivity index (χ0v) is 15.7. The summed E-state index contributed by atoms with van der Waals surface area (Å²) in [7, 11) is 1.63. The van der Waals surface area contributed by atoms with E-state index in [1.54, 1.807) is 11.8 Å². The van der Waals surface area contributed by atoms with Gasteiger partial charge in [-0.05, 0) is 49.4 Å². The van der Waals surface area contributed by atoms with Gasteiger partial charge in [0.05, 0.1) is 23.9 Å². The summed E-state index contributed by atoms with van der Waals surface area (Å²) >= 11 is 0. The first-order chi connectivity index (χ1) is 13.0. The molecule has 138 valence electrons. The van der Waals surface area contributed by atoms with E-state index in [-0.39, 0.29) is 5.54 Å². The normalized spacial score (nSPS) is 16.3. The molecule has 7 nitrogen and oxygen atoms in total.